The number of anilines is 2. The second-order valence-corrected chi connectivity index (χ2v) is 28.9. The van der Waals surface area contributed by atoms with Crippen molar-refractivity contribution < 1.29 is 86.5 Å². The van der Waals surface area contributed by atoms with Gasteiger partial charge in [-0.25, -0.2) is 9.59 Å². The third-order valence-corrected chi connectivity index (χ3v) is 21.7. The van der Waals surface area contributed by atoms with Crippen LogP contribution in [0.1, 0.15) is 156 Å². The Kier molecular flexibility index (Phi) is 29.7. The monoisotopic (exact) mass is 1630 g/mol. The number of aliphatic hydroxyl groups is 2. The third kappa shape index (κ3) is 20.3. The van der Waals surface area contributed by atoms with E-state index >= 15 is 0 Å². The van der Waals surface area contributed by atoms with Crippen LogP contribution in [-0.4, -0.2) is 151 Å². The normalized spacial score (nSPS) is 32.2. The second kappa shape index (κ2) is 35.6. The Balaban J connectivity index is 1.20. The van der Waals surface area contributed by atoms with Gasteiger partial charge >= 0.3 is 17.9 Å². The summed E-state index contributed by atoms with van der Waals surface area (Å²) in [5.74, 6) is -11.4. The number of cyclic esters (lactones) is 1. The maximum Gasteiger partial charge on any atom is 0.345 e. The van der Waals surface area contributed by atoms with Crippen molar-refractivity contribution >= 4 is 132 Å². The van der Waals surface area contributed by atoms with Gasteiger partial charge in [0.15, 0.2) is 5.78 Å². The lowest BCUT2D eigenvalue weighted by molar-refractivity contribution is -0.265. The van der Waals surface area contributed by atoms with E-state index < -0.39 is 114 Å². The van der Waals surface area contributed by atoms with E-state index in [1.54, 1.807) is 53.0 Å². The van der Waals surface area contributed by atoms with Crippen molar-refractivity contribution in [3.8, 4) is 0 Å². The number of aliphatic hydroxyl groups excluding tert-OH is 1. The minimum absolute atomic E-state index is 0.0248. The van der Waals surface area contributed by atoms with Gasteiger partial charge in [0.25, 0.3) is 11.7 Å². The molecular weight excluding hydrogens is 1540 g/mol. The van der Waals surface area contributed by atoms with Gasteiger partial charge in [0.1, 0.15) is 42.0 Å². The largest absolute Gasteiger partial charge is 0.460 e. The molecule has 3 amide bonds. The Labute approximate surface area is 587 Å². The first kappa shape index (κ1) is 77.4. The summed E-state index contributed by atoms with van der Waals surface area (Å²) >= 11 is 5.91. The molecular formula is C69H92I3N3O18. The molecule has 1 aromatic carbocycles. The summed E-state index contributed by atoms with van der Waals surface area (Å²) in [6, 6.07) is -1.23. The number of methoxy groups -OCH3 is 3. The number of carbonyl (C=O) groups excluding carboxylic acids is 9. The van der Waals surface area contributed by atoms with E-state index in [9.17, 15) is 53.4 Å². The number of allylic oxidation sites excluding steroid dienone is 8. The number of ether oxygens (including phenoxy) is 7. The molecule has 512 valence electrons. The van der Waals surface area contributed by atoms with Crippen LogP contribution in [0.4, 0.5) is 11.4 Å². The Bertz CT molecular complexity index is 3100. The van der Waals surface area contributed by atoms with Crippen LogP contribution in [0.2, 0.25) is 0 Å². The number of ketones is 3. The van der Waals surface area contributed by atoms with Gasteiger partial charge in [-0.05, 0) is 193 Å². The number of Topliss-reactive ketones (excluding diaryl/α,β-unsaturated/α-hetero) is 3. The molecule has 2 saturated heterocycles. The standard InChI is InChI=1S/C69H92I3N3O18/c1-36-18-14-13-15-19-37(2)52(87-10)34-48-25-21-42(7)69(86,93-48)64(81)65(82)75-29-17-16-20-49(75)67(84)92-53(35-50(78)38(3)31-41(6)62(80)63(89-12)61(79)40(5)30-36)39(4)32-45-22-28-51(54(33-45)88-11)91-66(83)46-23-26-47(27-24-46)90-68(85)55-56(70)59(73-43(8)76)58(72)60(57(55)71)74-44(9)77/h13-15,18-19,23,26-27,31,36,38-40,42,45-46,48-49,51-54,62-63,80,86H,16-17,20-22,24-25,28-30,32-35H2,1-12H3,(H,73,76)(H,74,77)/b15-13?,18-14+,37-19?,41-31+/t36-,38-,39-,40-,42-,45+,46?,48+,49+,51-,52+,53+,54-,62-,63+,69-/m1/s1. The number of nitrogens with zero attached hydrogens (tertiary/aromatic N) is 1. The summed E-state index contributed by atoms with van der Waals surface area (Å²) in [5, 5.41) is 29.2. The number of halogens is 3. The molecule has 3 fully saturated rings. The topological polar surface area (TPSA) is 286 Å². The van der Waals surface area contributed by atoms with Crippen molar-refractivity contribution in [2.45, 2.75) is 200 Å². The molecule has 1 aromatic rings. The van der Waals surface area contributed by atoms with Crippen LogP contribution in [0.5, 0.6) is 0 Å². The quantitative estimate of drug-likeness (QED) is 0.0497. The van der Waals surface area contributed by atoms with E-state index in [-0.39, 0.29) is 78.8 Å². The van der Waals surface area contributed by atoms with Crippen molar-refractivity contribution in [2.24, 2.45) is 41.4 Å². The van der Waals surface area contributed by atoms with Gasteiger partial charge in [0, 0.05) is 72.3 Å². The van der Waals surface area contributed by atoms with E-state index in [0.29, 0.717) is 85.4 Å². The molecule has 1 unspecified atom stereocenters. The first-order chi connectivity index (χ1) is 43.9. The molecule has 6 rings (SSSR count). The summed E-state index contributed by atoms with van der Waals surface area (Å²) in [7, 11) is 4.45. The van der Waals surface area contributed by atoms with Crippen molar-refractivity contribution in [2.75, 3.05) is 38.5 Å². The van der Waals surface area contributed by atoms with Gasteiger partial charge in [-0.1, -0.05) is 77.2 Å². The highest BCUT2D eigenvalue weighted by Gasteiger charge is 2.53. The predicted octanol–water partition coefficient (Wildman–Crippen LogP) is 10.8. The summed E-state index contributed by atoms with van der Waals surface area (Å²) in [4.78, 5) is 125. The number of rotatable bonds is 12. The molecule has 5 aliphatic rings. The summed E-state index contributed by atoms with van der Waals surface area (Å²) < 4.78 is 43.3. The molecule has 21 nitrogen and oxygen atoms in total. The molecule has 3 aliphatic heterocycles. The smallest absolute Gasteiger partial charge is 0.345 e. The average Bonchev–Trinajstić information content (AvgIpc) is 0.799. The number of esters is 3. The van der Waals surface area contributed by atoms with Crippen LogP contribution in [-0.2, 0) is 71.5 Å². The molecule has 16 atom stereocenters. The number of hydrogen-bond donors (Lipinski definition) is 4. The minimum atomic E-state index is -2.49. The molecule has 93 heavy (non-hydrogen) atoms. The lowest BCUT2D eigenvalue weighted by Gasteiger charge is -2.42. The van der Waals surface area contributed by atoms with E-state index in [1.807, 2.05) is 119 Å². The molecule has 0 spiro atoms. The summed E-state index contributed by atoms with van der Waals surface area (Å²) in [6.45, 7) is 15.2. The summed E-state index contributed by atoms with van der Waals surface area (Å²) in [6.07, 6.45) is 14.4. The first-order valence-corrected chi connectivity index (χ1v) is 35.2. The lowest BCUT2D eigenvalue weighted by Crippen LogP contribution is -2.61. The molecule has 4 N–H and O–H groups in total. The SMILES string of the molecule is CO[C@H]1C[C@@H]2CC[C@@H](C)[C@@](O)(O2)C(=O)C(=O)N2CCCC[C@H]2C(=O)O[C@H]([C@H](C)C[C@@H]2CC[C@@H](OC(=O)C3C=CC(OC(=O)c4c(I)c(NC(C)=O)c(I)c(NC(C)=O)c4I)=CC3)[C@H](OC)C2)CC(=O)[C@H](C)/C=C(\C)[C@@H](O)[C@@H](OC)C(=O)[C@H](C)C[C@H](C)/C=C/C=CC=C1C. The van der Waals surface area contributed by atoms with Crippen molar-refractivity contribution in [1.82, 2.24) is 4.90 Å². The van der Waals surface area contributed by atoms with Crippen molar-refractivity contribution in [3.63, 3.8) is 0 Å². The predicted molar refractivity (Wildman–Crippen MR) is 373 cm³/mol. The molecule has 1 saturated carbocycles. The number of benzene rings is 1. The highest BCUT2D eigenvalue weighted by Crippen LogP contribution is 2.42. The Hall–Kier alpha value is -4.56. The zero-order valence-electron chi connectivity index (χ0n) is 55.3. The number of carbonyl (C=O) groups is 9. The van der Waals surface area contributed by atoms with Crippen LogP contribution in [0, 0.1) is 52.1 Å². The number of fused-ring (bicyclic) bond motifs is 3. The van der Waals surface area contributed by atoms with Gasteiger partial charge in [0.2, 0.25) is 17.6 Å². The van der Waals surface area contributed by atoms with Gasteiger partial charge in [-0.2, -0.15) is 0 Å². The highest BCUT2D eigenvalue weighted by atomic mass is 127. The van der Waals surface area contributed by atoms with E-state index in [1.165, 1.54) is 34.1 Å². The number of amides is 3. The van der Waals surface area contributed by atoms with Gasteiger partial charge in [0.05, 0.1) is 51.9 Å². The van der Waals surface area contributed by atoms with Crippen molar-refractivity contribution in [1.29, 1.82) is 0 Å². The number of piperidine rings is 1. The summed E-state index contributed by atoms with van der Waals surface area (Å²) in [5.41, 5.74) is 2.01. The Morgan fingerprint density at radius 2 is 1.47 bits per heavy atom. The fraction of sp³-hybridized carbons (Fsp3) is 0.609. The van der Waals surface area contributed by atoms with Gasteiger partial charge < -0.3 is 58.9 Å². The zero-order valence-corrected chi connectivity index (χ0v) is 61.7. The Morgan fingerprint density at radius 1 is 0.796 bits per heavy atom. The van der Waals surface area contributed by atoms with Crippen LogP contribution in [0.15, 0.2) is 71.6 Å². The van der Waals surface area contributed by atoms with Crippen LogP contribution >= 0.6 is 67.8 Å². The van der Waals surface area contributed by atoms with Gasteiger partial charge in [-0.3, -0.25) is 33.6 Å². The van der Waals surface area contributed by atoms with Crippen LogP contribution < -0.4 is 10.6 Å². The highest BCUT2D eigenvalue weighted by molar-refractivity contribution is 14.1. The van der Waals surface area contributed by atoms with Crippen LogP contribution in [0.3, 0.4) is 0 Å². The molecule has 0 aromatic heterocycles. The minimum Gasteiger partial charge on any atom is -0.460 e. The molecule has 2 bridgehead atoms. The first-order valence-electron chi connectivity index (χ1n) is 32.0. The zero-order chi connectivity index (χ0) is 68.8. The molecule has 0 radical (unpaired) electrons. The van der Waals surface area contributed by atoms with E-state index in [0.717, 1.165) is 10.5 Å². The maximum atomic E-state index is 14.8. The Morgan fingerprint density at radius 3 is 2.09 bits per heavy atom. The number of hydrogen-bond acceptors (Lipinski definition) is 18. The number of nitrogens with one attached hydrogen (secondary N) is 2. The van der Waals surface area contributed by atoms with Crippen molar-refractivity contribution in [3.05, 3.63) is 87.9 Å². The molecule has 24 heteroatoms. The maximum absolute atomic E-state index is 14.8. The molecule has 3 heterocycles. The van der Waals surface area contributed by atoms with Gasteiger partial charge in [-0.15, -0.1) is 0 Å². The van der Waals surface area contributed by atoms with Crippen LogP contribution in [0.25, 0.3) is 0 Å². The molecule has 2 aliphatic carbocycles. The fourth-order valence-electron chi connectivity index (χ4n) is 12.9. The third-order valence-electron chi connectivity index (χ3n) is 18.4. The fourth-order valence-corrected chi connectivity index (χ4v) is 17.0. The van der Waals surface area contributed by atoms with E-state index in [2.05, 4.69) is 10.6 Å². The lowest BCUT2D eigenvalue weighted by atomic mass is 9.78. The second-order valence-electron chi connectivity index (χ2n) is 25.6. The van der Waals surface area contributed by atoms with E-state index in [4.69, 9.17) is 33.2 Å². The average molecular weight is 1630 g/mol.